The van der Waals surface area contributed by atoms with E-state index in [0.717, 1.165) is 42.3 Å². The van der Waals surface area contributed by atoms with Crippen LogP contribution in [0.2, 0.25) is 0 Å². The molecule has 0 aromatic carbocycles. The summed E-state index contributed by atoms with van der Waals surface area (Å²) in [6.07, 6.45) is 6.46. The summed E-state index contributed by atoms with van der Waals surface area (Å²) in [5.41, 5.74) is 0.795. The maximum atomic E-state index is 12.0. The molecule has 0 saturated heterocycles. The molecule has 0 N–H and O–H groups in total. The van der Waals surface area contributed by atoms with Gasteiger partial charge in [-0.1, -0.05) is 0 Å². The molecule has 7 nitrogen and oxygen atoms in total. The average molecular weight is 341 g/mol. The fraction of sp³-hybridized carbons (Fsp3) is 0.615. The van der Waals surface area contributed by atoms with Crippen molar-refractivity contribution in [2.45, 2.75) is 45.8 Å². The summed E-state index contributed by atoms with van der Waals surface area (Å²) < 4.78 is 27.6. The Labute approximate surface area is 134 Å². The molecule has 0 saturated carbocycles. The number of rotatable bonds is 5. The maximum absolute atomic E-state index is 12.0. The molecule has 9 heteroatoms. The summed E-state index contributed by atoms with van der Waals surface area (Å²) in [4.78, 5) is 4.58. The molecule has 0 spiro atoms. The SMILES string of the molecule is Cc1nnc(CN(Cc2cn3c(n2)CCCC3)S(C)(=O)=O)s1. The van der Waals surface area contributed by atoms with Crippen LogP contribution in [0, 0.1) is 6.92 Å². The summed E-state index contributed by atoms with van der Waals surface area (Å²) in [6, 6.07) is 0. The summed E-state index contributed by atoms with van der Waals surface area (Å²) >= 11 is 1.42. The van der Waals surface area contributed by atoms with Crippen molar-refractivity contribution in [2.24, 2.45) is 0 Å². The van der Waals surface area contributed by atoms with Crippen molar-refractivity contribution in [1.29, 1.82) is 0 Å². The predicted molar refractivity (Wildman–Crippen MR) is 83.9 cm³/mol. The van der Waals surface area contributed by atoms with Gasteiger partial charge >= 0.3 is 0 Å². The third kappa shape index (κ3) is 3.53. The third-order valence-corrected chi connectivity index (χ3v) is 5.66. The van der Waals surface area contributed by atoms with Gasteiger partial charge in [-0.3, -0.25) is 0 Å². The van der Waals surface area contributed by atoms with Crippen LogP contribution in [0.5, 0.6) is 0 Å². The molecule has 0 radical (unpaired) electrons. The Morgan fingerprint density at radius 2 is 2.14 bits per heavy atom. The number of sulfonamides is 1. The molecule has 0 amide bonds. The molecule has 0 bridgehead atoms. The molecule has 0 atom stereocenters. The minimum absolute atomic E-state index is 0.243. The maximum Gasteiger partial charge on any atom is 0.211 e. The zero-order chi connectivity index (χ0) is 15.7. The van der Waals surface area contributed by atoms with E-state index in [-0.39, 0.29) is 13.1 Å². The first-order valence-corrected chi connectivity index (χ1v) is 9.87. The first kappa shape index (κ1) is 15.6. The number of fused-ring (bicyclic) bond motifs is 1. The molecule has 0 aliphatic carbocycles. The Hall–Kier alpha value is -1.32. The van der Waals surface area contributed by atoms with Crippen LogP contribution in [-0.2, 0) is 36.1 Å². The lowest BCUT2D eigenvalue weighted by molar-refractivity contribution is 0.399. The summed E-state index contributed by atoms with van der Waals surface area (Å²) in [5.74, 6) is 1.06. The van der Waals surface area contributed by atoms with E-state index >= 15 is 0 Å². The lowest BCUT2D eigenvalue weighted by Gasteiger charge is -2.17. The first-order valence-electron chi connectivity index (χ1n) is 7.21. The van der Waals surface area contributed by atoms with Gasteiger partial charge in [-0.25, -0.2) is 13.4 Å². The van der Waals surface area contributed by atoms with Crippen LogP contribution < -0.4 is 0 Å². The molecule has 0 unspecified atom stereocenters. The lowest BCUT2D eigenvalue weighted by Crippen LogP contribution is -2.29. The molecule has 2 aromatic rings. The van der Waals surface area contributed by atoms with E-state index < -0.39 is 10.0 Å². The topological polar surface area (TPSA) is 81.0 Å². The Kier molecular flexibility index (Phi) is 4.28. The number of hydrogen-bond acceptors (Lipinski definition) is 6. The zero-order valence-electron chi connectivity index (χ0n) is 12.7. The normalized spacial score (nSPS) is 15.2. The van der Waals surface area contributed by atoms with Crippen molar-refractivity contribution in [1.82, 2.24) is 24.1 Å². The minimum atomic E-state index is -3.33. The van der Waals surface area contributed by atoms with Crippen LogP contribution in [0.25, 0.3) is 0 Å². The molecular formula is C13H19N5O2S2. The fourth-order valence-electron chi connectivity index (χ4n) is 2.57. The standard InChI is InChI=1S/C13H19N5O2S2/c1-10-15-16-13(21-10)9-18(22(2,19)20)8-11-7-17-6-4-3-5-12(17)14-11/h7H,3-6,8-9H2,1-2H3. The number of aryl methyl sites for hydroxylation is 3. The molecule has 3 heterocycles. The van der Waals surface area contributed by atoms with Gasteiger partial charge in [0.1, 0.15) is 15.8 Å². The minimum Gasteiger partial charge on any atom is -0.335 e. The van der Waals surface area contributed by atoms with E-state index in [9.17, 15) is 8.42 Å². The van der Waals surface area contributed by atoms with E-state index in [1.54, 1.807) is 0 Å². The molecule has 2 aromatic heterocycles. The largest absolute Gasteiger partial charge is 0.335 e. The quantitative estimate of drug-likeness (QED) is 0.820. The van der Waals surface area contributed by atoms with Crippen molar-refractivity contribution in [3.05, 3.63) is 27.7 Å². The highest BCUT2D eigenvalue weighted by atomic mass is 32.2. The van der Waals surface area contributed by atoms with Crippen LogP contribution in [0.4, 0.5) is 0 Å². The smallest absolute Gasteiger partial charge is 0.211 e. The van der Waals surface area contributed by atoms with Crippen LogP contribution in [0.1, 0.15) is 34.4 Å². The van der Waals surface area contributed by atoms with Crippen molar-refractivity contribution >= 4 is 21.4 Å². The third-order valence-electron chi connectivity index (χ3n) is 3.65. The number of nitrogens with zero attached hydrogens (tertiary/aromatic N) is 5. The molecule has 120 valence electrons. The van der Waals surface area contributed by atoms with Gasteiger partial charge < -0.3 is 4.57 Å². The predicted octanol–water partition coefficient (Wildman–Crippen LogP) is 1.34. The molecular weight excluding hydrogens is 322 g/mol. The van der Waals surface area contributed by atoms with Gasteiger partial charge in [0.25, 0.3) is 0 Å². The van der Waals surface area contributed by atoms with Crippen LogP contribution >= 0.6 is 11.3 Å². The molecule has 22 heavy (non-hydrogen) atoms. The highest BCUT2D eigenvalue weighted by molar-refractivity contribution is 7.88. The first-order chi connectivity index (χ1) is 10.4. The highest BCUT2D eigenvalue weighted by Crippen LogP contribution is 2.19. The molecule has 1 aliphatic heterocycles. The van der Waals surface area contributed by atoms with Gasteiger partial charge in [0.15, 0.2) is 0 Å². The Morgan fingerprint density at radius 1 is 1.32 bits per heavy atom. The average Bonchev–Trinajstić information content (AvgIpc) is 3.02. The van der Waals surface area contributed by atoms with Gasteiger partial charge in [-0.15, -0.1) is 21.5 Å². The monoisotopic (exact) mass is 341 g/mol. The van der Waals surface area contributed by atoms with Gasteiger partial charge in [0, 0.05) is 19.2 Å². The van der Waals surface area contributed by atoms with Gasteiger partial charge in [0.05, 0.1) is 25.0 Å². The second kappa shape index (κ2) is 6.05. The van der Waals surface area contributed by atoms with Gasteiger partial charge in [-0.2, -0.15) is 4.31 Å². The summed E-state index contributed by atoms with van der Waals surface area (Å²) in [6.45, 7) is 3.34. The van der Waals surface area contributed by atoms with Crippen molar-refractivity contribution in [2.75, 3.05) is 6.26 Å². The van der Waals surface area contributed by atoms with Crippen molar-refractivity contribution < 1.29 is 8.42 Å². The van der Waals surface area contributed by atoms with Crippen molar-refractivity contribution in [3.8, 4) is 0 Å². The van der Waals surface area contributed by atoms with E-state index in [1.807, 2.05) is 13.1 Å². The molecule has 3 rings (SSSR count). The highest BCUT2D eigenvalue weighted by Gasteiger charge is 2.22. The van der Waals surface area contributed by atoms with E-state index in [4.69, 9.17) is 0 Å². The lowest BCUT2D eigenvalue weighted by atomic mass is 10.2. The van der Waals surface area contributed by atoms with Crippen LogP contribution in [0.15, 0.2) is 6.20 Å². The van der Waals surface area contributed by atoms with Crippen molar-refractivity contribution in [3.63, 3.8) is 0 Å². The summed E-state index contributed by atoms with van der Waals surface area (Å²) in [7, 11) is -3.33. The number of imidazole rings is 1. The van der Waals surface area contributed by atoms with Crippen LogP contribution in [0.3, 0.4) is 0 Å². The second-order valence-corrected chi connectivity index (χ2v) is 8.79. The fourth-order valence-corrected chi connectivity index (χ4v) is 4.10. The van der Waals surface area contributed by atoms with Gasteiger partial charge in [0.2, 0.25) is 10.0 Å². The van der Waals surface area contributed by atoms with E-state index in [1.165, 1.54) is 21.9 Å². The number of hydrogen-bond donors (Lipinski definition) is 0. The molecule has 1 aliphatic rings. The zero-order valence-corrected chi connectivity index (χ0v) is 14.3. The summed E-state index contributed by atoms with van der Waals surface area (Å²) in [5, 5.41) is 9.49. The van der Waals surface area contributed by atoms with Crippen LogP contribution in [-0.4, -0.2) is 38.7 Å². The molecule has 0 fully saturated rings. The Balaban J connectivity index is 1.79. The number of aromatic nitrogens is 4. The second-order valence-electron chi connectivity index (χ2n) is 5.54. The van der Waals surface area contributed by atoms with E-state index in [0.29, 0.717) is 5.01 Å². The Morgan fingerprint density at radius 3 is 2.77 bits per heavy atom. The Bertz CT molecular complexity index is 742. The van der Waals surface area contributed by atoms with Gasteiger partial charge in [-0.05, 0) is 19.8 Å². The van der Waals surface area contributed by atoms with E-state index in [2.05, 4.69) is 19.7 Å².